The van der Waals surface area contributed by atoms with Crippen LogP contribution in [0, 0.1) is 27.7 Å². The van der Waals surface area contributed by atoms with Gasteiger partial charge in [-0.1, -0.05) is 10.3 Å². The zero-order valence-electron chi connectivity index (χ0n) is 15.1. The lowest BCUT2D eigenvalue weighted by Crippen LogP contribution is -2.24. The van der Waals surface area contributed by atoms with Crippen molar-refractivity contribution in [2.24, 2.45) is 0 Å². The number of hydrogen-bond acceptors (Lipinski definition) is 7. The first kappa shape index (κ1) is 18.4. The molecule has 0 atom stereocenters. The van der Waals surface area contributed by atoms with Crippen molar-refractivity contribution in [3.8, 4) is 11.5 Å². The molecule has 26 heavy (non-hydrogen) atoms. The number of nitrogens with zero attached hydrogens (tertiary/aromatic N) is 2. The van der Waals surface area contributed by atoms with Crippen molar-refractivity contribution in [1.82, 2.24) is 15.0 Å². The number of nitrogens with one attached hydrogen (secondary N) is 1. The summed E-state index contributed by atoms with van der Waals surface area (Å²) in [7, 11) is -3.73. The molecule has 0 fully saturated rings. The summed E-state index contributed by atoms with van der Waals surface area (Å²) < 4.78 is 43.1. The number of furan rings is 1. The quantitative estimate of drug-likeness (QED) is 0.628. The minimum absolute atomic E-state index is 0.154. The predicted octanol–water partition coefficient (Wildman–Crippen LogP) is 3.07. The topological polar surface area (TPSA) is 111 Å². The van der Waals surface area contributed by atoms with Crippen LogP contribution in [0.15, 0.2) is 30.7 Å². The highest BCUT2D eigenvalue weighted by Gasteiger charge is 2.22. The molecule has 9 heteroatoms. The number of aromatic nitrogens is 2. The van der Waals surface area contributed by atoms with E-state index >= 15 is 0 Å². The summed E-state index contributed by atoms with van der Waals surface area (Å²) >= 11 is 0. The molecule has 0 aliphatic rings. The third-order valence-corrected chi connectivity index (χ3v) is 5.64. The van der Waals surface area contributed by atoms with Gasteiger partial charge in [0.05, 0.1) is 11.4 Å². The smallest absolute Gasteiger partial charge is 0.273 e. The third-order valence-electron chi connectivity index (χ3n) is 4.30. The van der Waals surface area contributed by atoms with E-state index in [2.05, 4.69) is 15.0 Å². The first-order chi connectivity index (χ1) is 12.3. The van der Waals surface area contributed by atoms with Crippen LogP contribution in [0.1, 0.15) is 34.7 Å². The minimum Gasteiger partial charge on any atom is -0.440 e. The molecule has 3 aromatic rings. The fraction of sp³-hybridized carbons (Fsp3) is 0.412. The maximum Gasteiger partial charge on any atom is 0.273 e. The normalized spacial score (nSPS) is 12.0. The summed E-state index contributed by atoms with van der Waals surface area (Å²) in [5.74, 6) is 1.53. The van der Waals surface area contributed by atoms with Crippen LogP contribution in [-0.2, 0) is 16.4 Å². The molecule has 0 bridgehead atoms. The molecular formula is C17H21N3O5S. The Kier molecular flexibility index (Phi) is 5.01. The number of rotatable bonds is 7. The van der Waals surface area contributed by atoms with Crippen LogP contribution in [0.3, 0.4) is 0 Å². The summed E-state index contributed by atoms with van der Waals surface area (Å²) in [6.45, 7) is 7.64. The van der Waals surface area contributed by atoms with Crippen LogP contribution in [0.25, 0.3) is 11.5 Å². The Bertz CT molecular complexity index is 994. The van der Waals surface area contributed by atoms with Gasteiger partial charge in [-0.05, 0) is 52.7 Å². The second-order valence-corrected chi connectivity index (χ2v) is 7.84. The van der Waals surface area contributed by atoms with E-state index in [0.29, 0.717) is 24.4 Å². The molecule has 3 aromatic heterocycles. The van der Waals surface area contributed by atoms with E-state index in [-0.39, 0.29) is 11.6 Å². The summed E-state index contributed by atoms with van der Waals surface area (Å²) in [5, 5.41) is 7.58. The monoisotopic (exact) mass is 379 g/mol. The minimum atomic E-state index is -3.73. The first-order valence-electron chi connectivity index (χ1n) is 8.24. The SMILES string of the molecule is Cc1noc(-c2ccc(S(=O)(=O)NCCCc3c(C)noc3C)o2)c1C. The maximum atomic E-state index is 12.4. The van der Waals surface area contributed by atoms with Gasteiger partial charge in [-0.25, -0.2) is 13.1 Å². The van der Waals surface area contributed by atoms with Gasteiger partial charge in [-0.2, -0.15) is 0 Å². The third kappa shape index (κ3) is 3.58. The van der Waals surface area contributed by atoms with Gasteiger partial charge in [0, 0.05) is 17.7 Å². The van der Waals surface area contributed by atoms with Gasteiger partial charge < -0.3 is 13.5 Å². The van der Waals surface area contributed by atoms with E-state index in [1.165, 1.54) is 6.07 Å². The summed E-state index contributed by atoms with van der Waals surface area (Å²) in [6.07, 6.45) is 1.31. The average Bonchev–Trinajstić information content (AvgIpc) is 3.28. The van der Waals surface area contributed by atoms with E-state index in [0.717, 1.165) is 28.3 Å². The van der Waals surface area contributed by atoms with Gasteiger partial charge in [-0.15, -0.1) is 0 Å². The van der Waals surface area contributed by atoms with Crippen LogP contribution in [0.2, 0.25) is 0 Å². The summed E-state index contributed by atoms with van der Waals surface area (Å²) in [4.78, 5) is 0. The van der Waals surface area contributed by atoms with Gasteiger partial charge >= 0.3 is 0 Å². The molecular weight excluding hydrogens is 358 g/mol. The molecule has 3 heterocycles. The molecule has 3 rings (SSSR count). The predicted molar refractivity (Wildman–Crippen MR) is 93.2 cm³/mol. The van der Waals surface area contributed by atoms with Gasteiger partial charge in [0.25, 0.3) is 10.0 Å². The molecule has 0 saturated heterocycles. The largest absolute Gasteiger partial charge is 0.440 e. The lowest BCUT2D eigenvalue weighted by Gasteiger charge is -2.04. The summed E-state index contributed by atoms with van der Waals surface area (Å²) in [6, 6.07) is 2.97. The Morgan fingerprint density at radius 1 is 1.04 bits per heavy atom. The standard InChI is InChI=1S/C17H21N3O5S/c1-10-11(2)19-25-17(10)15-7-8-16(23-15)26(21,22)18-9-5-6-14-12(3)20-24-13(14)4/h7-8,18H,5-6,9H2,1-4H3. The van der Waals surface area contributed by atoms with Crippen molar-refractivity contribution in [3.63, 3.8) is 0 Å². The van der Waals surface area contributed by atoms with Crippen LogP contribution in [0.4, 0.5) is 0 Å². The van der Waals surface area contributed by atoms with E-state index < -0.39 is 10.0 Å². The van der Waals surface area contributed by atoms with Crippen molar-refractivity contribution in [2.45, 2.75) is 45.6 Å². The maximum absolute atomic E-state index is 12.4. The Labute approximate surface area is 151 Å². The van der Waals surface area contributed by atoms with Gasteiger partial charge in [-0.3, -0.25) is 0 Å². The van der Waals surface area contributed by atoms with Gasteiger partial charge in [0.15, 0.2) is 5.76 Å². The second-order valence-electron chi connectivity index (χ2n) is 6.14. The lowest BCUT2D eigenvalue weighted by molar-refractivity contribution is 0.392. The van der Waals surface area contributed by atoms with E-state index in [1.54, 1.807) is 6.07 Å². The Hall–Kier alpha value is -2.39. The van der Waals surface area contributed by atoms with E-state index in [1.807, 2.05) is 27.7 Å². The molecule has 1 N–H and O–H groups in total. The molecule has 0 unspecified atom stereocenters. The highest BCUT2D eigenvalue weighted by Crippen LogP contribution is 2.28. The molecule has 0 aliphatic heterocycles. The number of aryl methyl sites for hydroxylation is 3. The van der Waals surface area contributed by atoms with Crippen molar-refractivity contribution in [3.05, 3.63) is 40.4 Å². The molecule has 0 aliphatic carbocycles. The van der Waals surface area contributed by atoms with Crippen molar-refractivity contribution < 1.29 is 21.9 Å². The number of sulfonamides is 1. The highest BCUT2D eigenvalue weighted by molar-refractivity contribution is 7.89. The number of hydrogen-bond donors (Lipinski definition) is 1. The first-order valence-corrected chi connectivity index (χ1v) is 9.72. The Morgan fingerprint density at radius 3 is 2.38 bits per heavy atom. The van der Waals surface area contributed by atoms with E-state index in [4.69, 9.17) is 13.5 Å². The van der Waals surface area contributed by atoms with Crippen LogP contribution in [0.5, 0.6) is 0 Å². The fourth-order valence-electron chi connectivity index (χ4n) is 2.63. The zero-order valence-corrected chi connectivity index (χ0v) is 15.9. The molecule has 0 amide bonds. The van der Waals surface area contributed by atoms with Gasteiger partial charge in [0.1, 0.15) is 5.76 Å². The molecule has 0 aromatic carbocycles. The molecule has 0 saturated carbocycles. The van der Waals surface area contributed by atoms with Crippen LogP contribution >= 0.6 is 0 Å². The average molecular weight is 379 g/mol. The molecule has 0 spiro atoms. The van der Waals surface area contributed by atoms with Crippen molar-refractivity contribution in [1.29, 1.82) is 0 Å². The zero-order chi connectivity index (χ0) is 18.9. The molecule has 140 valence electrons. The van der Waals surface area contributed by atoms with Crippen molar-refractivity contribution >= 4 is 10.0 Å². The highest BCUT2D eigenvalue weighted by atomic mass is 32.2. The molecule has 8 nitrogen and oxygen atoms in total. The fourth-order valence-corrected chi connectivity index (χ4v) is 3.64. The van der Waals surface area contributed by atoms with Crippen LogP contribution in [-0.4, -0.2) is 25.3 Å². The van der Waals surface area contributed by atoms with Gasteiger partial charge in [0.2, 0.25) is 10.9 Å². The van der Waals surface area contributed by atoms with Crippen molar-refractivity contribution in [2.75, 3.05) is 6.54 Å². The van der Waals surface area contributed by atoms with E-state index in [9.17, 15) is 8.42 Å². The Morgan fingerprint density at radius 2 is 1.77 bits per heavy atom. The Balaban J connectivity index is 1.63. The van der Waals surface area contributed by atoms with Crippen LogP contribution < -0.4 is 4.72 Å². The summed E-state index contributed by atoms with van der Waals surface area (Å²) in [5.41, 5.74) is 3.40. The second kappa shape index (κ2) is 7.08. The molecule has 0 radical (unpaired) electrons. The lowest BCUT2D eigenvalue weighted by atomic mass is 10.1.